The molecule has 34 heavy (non-hydrogen) atoms. The molecule has 168 valence electrons. The van der Waals surface area contributed by atoms with Crippen molar-refractivity contribution in [2.24, 2.45) is 0 Å². The van der Waals surface area contributed by atoms with Crippen LogP contribution in [-0.4, -0.2) is 36.6 Å². The number of amides is 1. The number of aliphatic hydroxyl groups is 1. The minimum absolute atomic E-state index is 0.0177. The molecule has 1 amide bonds. The van der Waals surface area contributed by atoms with E-state index in [-0.39, 0.29) is 12.1 Å². The molecule has 1 aliphatic heterocycles. The SMILES string of the molecule is Cc1nc(-c2ccccc2)sc1C(=O)C1=C(O)C(=O)N(Cc2ccncc2)C1c1ccccn1. The lowest BCUT2D eigenvalue weighted by molar-refractivity contribution is -0.130. The molecule has 1 aliphatic rings. The number of nitrogens with zero attached hydrogens (tertiary/aromatic N) is 4. The van der Waals surface area contributed by atoms with Gasteiger partial charge in [0, 0.05) is 30.7 Å². The van der Waals surface area contributed by atoms with E-state index < -0.39 is 23.5 Å². The predicted octanol–water partition coefficient (Wildman–Crippen LogP) is 4.69. The number of ketones is 1. The predicted molar refractivity (Wildman–Crippen MR) is 128 cm³/mol. The Morgan fingerprint density at radius 3 is 2.47 bits per heavy atom. The second-order valence-electron chi connectivity index (χ2n) is 7.84. The van der Waals surface area contributed by atoms with Crippen molar-refractivity contribution in [3.63, 3.8) is 0 Å². The lowest BCUT2D eigenvalue weighted by atomic mass is 9.98. The Morgan fingerprint density at radius 2 is 1.76 bits per heavy atom. The van der Waals surface area contributed by atoms with Gasteiger partial charge in [-0.3, -0.25) is 19.6 Å². The van der Waals surface area contributed by atoms with Gasteiger partial charge in [-0.1, -0.05) is 36.4 Å². The van der Waals surface area contributed by atoms with Crippen molar-refractivity contribution in [1.82, 2.24) is 19.9 Å². The molecule has 8 heteroatoms. The number of hydrogen-bond donors (Lipinski definition) is 1. The molecule has 1 unspecified atom stereocenters. The number of pyridine rings is 2. The topological polar surface area (TPSA) is 96.3 Å². The van der Waals surface area contributed by atoms with E-state index in [1.165, 1.54) is 16.2 Å². The molecule has 0 saturated carbocycles. The maximum Gasteiger partial charge on any atom is 0.290 e. The number of carbonyl (C=O) groups is 2. The van der Waals surface area contributed by atoms with Gasteiger partial charge < -0.3 is 10.0 Å². The zero-order valence-corrected chi connectivity index (χ0v) is 19.1. The van der Waals surface area contributed by atoms with Crippen molar-refractivity contribution < 1.29 is 14.7 Å². The molecule has 1 aromatic carbocycles. The lowest BCUT2D eigenvalue weighted by Crippen LogP contribution is -2.31. The van der Waals surface area contributed by atoms with Crippen molar-refractivity contribution in [3.05, 3.63) is 112 Å². The molecule has 0 spiro atoms. The fraction of sp³-hybridized carbons (Fsp3) is 0.115. The molecule has 1 N–H and O–H groups in total. The Hall–Kier alpha value is -4.17. The summed E-state index contributed by atoms with van der Waals surface area (Å²) in [5.74, 6) is -1.58. The van der Waals surface area contributed by atoms with E-state index in [4.69, 9.17) is 0 Å². The van der Waals surface area contributed by atoms with Gasteiger partial charge in [0.25, 0.3) is 5.91 Å². The van der Waals surface area contributed by atoms with E-state index in [1.807, 2.05) is 30.3 Å². The van der Waals surface area contributed by atoms with Crippen LogP contribution in [0.3, 0.4) is 0 Å². The Kier molecular flexibility index (Phi) is 5.73. The average Bonchev–Trinajstić information content (AvgIpc) is 3.38. The fourth-order valence-electron chi connectivity index (χ4n) is 4.01. The minimum Gasteiger partial charge on any atom is -0.503 e. The van der Waals surface area contributed by atoms with Crippen LogP contribution in [0.25, 0.3) is 10.6 Å². The summed E-state index contributed by atoms with van der Waals surface area (Å²) in [6, 6.07) is 17.6. The third-order valence-corrected chi connectivity index (χ3v) is 6.85. The molecule has 0 saturated heterocycles. The molecule has 5 rings (SSSR count). The van der Waals surface area contributed by atoms with Gasteiger partial charge in [0.15, 0.2) is 5.76 Å². The summed E-state index contributed by atoms with van der Waals surface area (Å²) in [4.78, 5) is 41.8. The highest BCUT2D eigenvalue weighted by atomic mass is 32.1. The first-order valence-electron chi connectivity index (χ1n) is 10.7. The summed E-state index contributed by atoms with van der Waals surface area (Å²) in [6.45, 7) is 1.95. The van der Waals surface area contributed by atoms with Crippen LogP contribution in [0.4, 0.5) is 0 Å². The summed E-state index contributed by atoms with van der Waals surface area (Å²) < 4.78 is 0. The maximum atomic E-state index is 13.8. The summed E-state index contributed by atoms with van der Waals surface area (Å²) in [5, 5.41) is 11.6. The smallest absolute Gasteiger partial charge is 0.290 e. The number of rotatable bonds is 6. The van der Waals surface area contributed by atoms with Crippen LogP contribution in [0.5, 0.6) is 0 Å². The highest BCUT2D eigenvalue weighted by molar-refractivity contribution is 7.17. The Balaban J connectivity index is 1.57. The van der Waals surface area contributed by atoms with Gasteiger partial charge in [0.2, 0.25) is 5.78 Å². The number of aromatic nitrogens is 3. The van der Waals surface area contributed by atoms with E-state index in [0.717, 1.165) is 11.1 Å². The Morgan fingerprint density at radius 1 is 1.03 bits per heavy atom. The van der Waals surface area contributed by atoms with Crippen LogP contribution in [0.15, 0.2) is 90.6 Å². The highest BCUT2D eigenvalue weighted by Gasteiger charge is 2.45. The number of benzene rings is 1. The molecular formula is C26H20N4O3S. The molecule has 4 aromatic rings. The molecule has 3 aromatic heterocycles. The summed E-state index contributed by atoms with van der Waals surface area (Å²) in [6.07, 6.45) is 4.88. The first kappa shape index (κ1) is 21.7. The van der Waals surface area contributed by atoms with Gasteiger partial charge >= 0.3 is 0 Å². The number of hydrogen-bond acceptors (Lipinski definition) is 7. The van der Waals surface area contributed by atoms with Crippen LogP contribution in [-0.2, 0) is 11.3 Å². The van der Waals surface area contributed by atoms with Gasteiger partial charge in [0.1, 0.15) is 11.0 Å². The molecule has 0 radical (unpaired) electrons. The number of Topliss-reactive ketones (excluding diaryl/α,β-unsaturated/α-hetero) is 1. The molecule has 4 heterocycles. The summed E-state index contributed by atoms with van der Waals surface area (Å²) >= 11 is 1.25. The quantitative estimate of drug-likeness (QED) is 0.413. The maximum absolute atomic E-state index is 13.8. The second kappa shape index (κ2) is 8.99. The van der Waals surface area contributed by atoms with Crippen LogP contribution in [0.2, 0.25) is 0 Å². The van der Waals surface area contributed by atoms with Gasteiger partial charge in [-0.05, 0) is 36.8 Å². The van der Waals surface area contributed by atoms with Crippen LogP contribution in [0.1, 0.15) is 32.7 Å². The van der Waals surface area contributed by atoms with E-state index in [9.17, 15) is 14.7 Å². The minimum atomic E-state index is -0.823. The van der Waals surface area contributed by atoms with Crippen LogP contribution >= 0.6 is 11.3 Å². The number of carbonyl (C=O) groups excluding carboxylic acids is 2. The van der Waals surface area contributed by atoms with Crippen molar-refractivity contribution >= 4 is 23.0 Å². The normalized spacial score (nSPS) is 15.7. The second-order valence-corrected chi connectivity index (χ2v) is 8.84. The first-order chi connectivity index (χ1) is 16.5. The lowest BCUT2D eigenvalue weighted by Gasteiger charge is -2.26. The Bertz CT molecular complexity index is 1390. The van der Waals surface area contributed by atoms with Crippen molar-refractivity contribution in [1.29, 1.82) is 0 Å². The number of aliphatic hydroxyl groups excluding tert-OH is 1. The van der Waals surface area contributed by atoms with Crippen LogP contribution in [0, 0.1) is 6.92 Å². The van der Waals surface area contributed by atoms with Crippen molar-refractivity contribution in [3.8, 4) is 10.6 Å². The monoisotopic (exact) mass is 468 g/mol. The molecular weight excluding hydrogens is 448 g/mol. The van der Waals surface area contributed by atoms with Gasteiger partial charge in [-0.2, -0.15) is 0 Å². The zero-order valence-electron chi connectivity index (χ0n) is 18.3. The Labute approximate surface area is 200 Å². The van der Waals surface area contributed by atoms with E-state index in [2.05, 4.69) is 15.0 Å². The average molecular weight is 469 g/mol. The molecule has 0 aliphatic carbocycles. The van der Waals surface area contributed by atoms with Crippen molar-refractivity contribution in [2.45, 2.75) is 19.5 Å². The van der Waals surface area contributed by atoms with Crippen molar-refractivity contribution in [2.75, 3.05) is 0 Å². The highest BCUT2D eigenvalue weighted by Crippen LogP contribution is 2.41. The molecule has 1 atom stereocenters. The number of thiazole rings is 1. The zero-order chi connectivity index (χ0) is 23.7. The number of aryl methyl sites for hydroxylation is 1. The summed E-state index contributed by atoms with van der Waals surface area (Å²) in [7, 11) is 0. The third-order valence-electron chi connectivity index (χ3n) is 5.64. The van der Waals surface area contributed by atoms with E-state index in [0.29, 0.717) is 21.3 Å². The van der Waals surface area contributed by atoms with E-state index >= 15 is 0 Å². The van der Waals surface area contributed by atoms with Gasteiger partial charge in [-0.25, -0.2) is 4.98 Å². The largest absolute Gasteiger partial charge is 0.503 e. The molecule has 0 fully saturated rings. The van der Waals surface area contributed by atoms with E-state index in [1.54, 1.807) is 55.8 Å². The third kappa shape index (κ3) is 3.88. The van der Waals surface area contributed by atoms with Crippen LogP contribution < -0.4 is 0 Å². The van der Waals surface area contributed by atoms with Gasteiger partial charge in [-0.15, -0.1) is 11.3 Å². The molecule has 0 bridgehead atoms. The fourth-order valence-corrected chi connectivity index (χ4v) is 5.04. The first-order valence-corrected chi connectivity index (χ1v) is 11.5. The summed E-state index contributed by atoms with van der Waals surface area (Å²) in [5.41, 5.74) is 2.79. The van der Waals surface area contributed by atoms with Gasteiger partial charge in [0.05, 0.1) is 21.8 Å². The molecule has 7 nitrogen and oxygen atoms in total. The standard InChI is InChI=1S/C26H20N4O3S/c1-16-24(34-25(29-16)18-7-3-2-4-8-18)22(31)20-21(19-9-5-6-12-28-19)30(26(33)23(20)32)15-17-10-13-27-14-11-17/h2-14,21,32H,15H2,1H3.